The average Bonchev–Trinajstić information content (AvgIpc) is 2.89. The first-order chi connectivity index (χ1) is 19.0. The predicted molar refractivity (Wildman–Crippen MR) is 152 cm³/mol. The van der Waals surface area contributed by atoms with Crippen molar-refractivity contribution < 1.29 is 32.6 Å². The maximum atomic E-state index is 13.3. The van der Waals surface area contributed by atoms with Crippen molar-refractivity contribution in [1.29, 1.82) is 0 Å². The SMILES string of the molecule is COc1cccc(OC)c1-c1ccc(C[C@@H](C(=O)O)N(C)C(=O)[C@@H]2CCN2S(=O)(=O)c2cc(Cl)cc(Cl)c2)cc1. The molecule has 0 bridgehead atoms. The first-order valence-electron chi connectivity index (χ1n) is 12.3. The van der Waals surface area contributed by atoms with Crippen LogP contribution in [0.2, 0.25) is 10.0 Å². The molecule has 1 N–H and O–H groups in total. The van der Waals surface area contributed by atoms with Crippen LogP contribution in [0.15, 0.2) is 65.6 Å². The van der Waals surface area contributed by atoms with Gasteiger partial charge in [0.1, 0.15) is 23.6 Å². The fourth-order valence-electron chi connectivity index (χ4n) is 4.66. The van der Waals surface area contributed by atoms with E-state index in [9.17, 15) is 23.1 Å². The predicted octanol–water partition coefficient (Wildman–Crippen LogP) is 4.59. The molecule has 0 spiro atoms. The van der Waals surface area contributed by atoms with Crippen LogP contribution in [-0.2, 0) is 26.0 Å². The second kappa shape index (κ2) is 12.1. The van der Waals surface area contributed by atoms with Crippen LogP contribution in [0.25, 0.3) is 11.1 Å². The molecule has 1 aliphatic heterocycles. The lowest BCUT2D eigenvalue weighted by atomic mass is 9.98. The van der Waals surface area contributed by atoms with Gasteiger partial charge >= 0.3 is 5.97 Å². The molecule has 40 heavy (non-hydrogen) atoms. The highest BCUT2D eigenvalue weighted by Gasteiger charge is 2.45. The zero-order valence-electron chi connectivity index (χ0n) is 22.0. The third-order valence-corrected chi connectivity index (χ3v) is 9.22. The standard InChI is InChI=1S/C28H28Cl2N2O7S/c1-31(27(33)22-11-12-32(22)40(36,37)21-15-19(29)14-20(30)16-21)23(28(34)35)13-17-7-9-18(10-8-17)26-24(38-2)5-4-6-25(26)39-3/h4-10,14-16,22-23H,11-13H2,1-3H3,(H,34,35)/t22-,23-/m0/s1. The third-order valence-electron chi connectivity index (χ3n) is 6.90. The Bertz CT molecular complexity index is 1490. The first-order valence-corrected chi connectivity index (χ1v) is 14.4. The number of carbonyl (C=O) groups is 2. The van der Waals surface area contributed by atoms with E-state index >= 15 is 0 Å². The van der Waals surface area contributed by atoms with Crippen molar-refractivity contribution in [3.05, 3.63) is 76.3 Å². The van der Waals surface area contributed by atoms with Crippen molar-refractivity contribution in [3.63, 3.8) is 0 Å². The lowest BCUT2D eigenvalue weighted by molar-refractivity contribution is -0.151. The van der Waals surface area contributed by atoms with E-state index in [1.54, 1.807) is 26.4 Å². The minimum Gasteiger partial charge on any atom is -0.496 e. The quantitative estimate of drug-likeness (QED) is 0.359. The Morgan fingerprint density at radius 1 is 1.02 bits per heavy atom. The summed E-state index contributed by atoms with van der Waals surface area (Å²) in [5.74, 6) is -0.561. The number of aliphatic carboxylic acids is 1. The number of ether oxygens (including phenoxy) is 2. The molecular formula is C28H28Cl2N2O7S. The van der Waals surface area contributed by atoms with Crippen molar-refractivity contribution >= 4 is 45.1 Å². The van der Waals surface area contributed by atoms with Gasteiger partial charge in [0, 0.05) is 30.1 Å². The Labute approximate surface area is 242 Å². The van der Waals surface area contributed by atoms with Gasteiger partial charge in [0.25, 0.3) is 0 Å². The largest absolute Gasteiger partial charge is 0.496 e. The van der Waals surface area contributed by atoms with Gasteiger partial charge in [-0.15, -0.1) is 0 Å². The Morgan fingerprint density at radius 2 is 1.60 bits per heavy atom. The molecule has 4 rings (SSSR count). The molecular weight excluding hydrogens is 579 g/mol. The molecule has 2 atom stereocenters. The monoisotopic (exact) mass is 606 g/mol. The second-order valence-corrected chi connectivity index (χ2v) is 12.0. The Hall–Kier alpha value is -3.31. The number of likely N-dealkylation sites (N-methyl/N-ethyl adjacent to an activating group) is 1. The molecule has 1 amide bonds. The number of hydrogen-bond acceptors (Lipinski definition) is 6. The van der Waals surface area contributed by atoms with E-state index in [-0.39, 0.29) is 34.3 Å². The molecule has 12 heteroatoms. The highest BCUT2D eigenvalue weighted by Crippen LogP contribution is 2.38. The summed E-state index contributed by atoms with van der Waals surface area (Å²) in [4.78, 5) is 26.5. The molecule has 0 aliphatic carbocycles. The van der Waals surface area contributed by atoms with Crippen LogP contribution < -0.4 is 9.47 Å². The number of amides is 1. The minimum atomic E-state index is -4.07. The molecule has 0 aromatic heterocycles. The number of benzene rings is 3. The zero-order chi connectivity index (χ0) is 29.2. The number of carboxylic acid groups (broad SMARTS) is 1. The highest BCUT2D eigenvalue weighted by molar-refractivity contribution is 7.89. The number of halogens is 2. The van der Waals surface area contributed by atoms with E-state index in [0.717, 1.165) is 20.3 Å². The number of carbonyl (C=O) groups excluding carboxylic acids is 1. The molecule has 0 radical (unpaired) electrons. The molecule has 3 aromatic rings. The van der Waals surface area contributed by atoms with Gasteiger partial charge < -0.3 is 19.5 Å². The van der Waals surface area contributed by atoms with Crippen LogP contribution in [0.3, 0.4) is 0 Å². The lowest BCUT2D eigenvalue weighted by Crippen LogP contribution is -2.60. The molecule has 0 unspecified atom stereocenters. The van der Waals surface area contributed by atoms with Gasteiger partial charge in [-0.05, 0) is 47.9 Å². The summed E-state index contributed by atoms with van der Waals surface area (Å²) in [7, 11) is 0.426. The summed E-state index contributed by atoms with van der Waals surface area (Å²) >= 11 is 12.0. The van der Waals surface area contributed by atoms with Crippen LogP contribution in [0.1, 0.15) is 12.0 Å². The topological polar surface area (TPSA) is 113 Å². The third kappa shape index (κ3) is 5.90. The molecule has 1 aliphatic rings. The van der Waals surface area contributed by atoms with Crippen LogP contribution in [0.5, 0.6) is 11.5 Å². The zero-order valence-corrected chi connectivity index (χ0v) is 24.3. The first kappa shape index (κ1) is 29.7. The van der Waals surface area contributed by atoms with E-state index in [1.807, 2.05) is 30.3 Å². The number of hydrogen-bond donors (Lipinski definition) is 1. The van der Waals surface area contributed by atoms with Gasteiger partial charge in [0.2, 0.25) is 15.9 Å². The van der Waals surface area contributed by atoms with E-state index in [2.05, 4.69) is 0 Å². The number of nitrogens with zero attached hydrogens (tertiary/aromatic N) is 2. The van der Waals surface area contributed by atoms with Crippen molar-refractivity contribution in [2.75, 3.05) is 27.8 Å². The lowest BCUT2D eigenvalue weighted by Gasteiger charge is -2.41. The number of methoxy groups -OCH3 is 2. The van der Waals surface area contributed by atoms with E-state index in [0.29, 0.717) is 17.1 Å². The Kier molecular flexibility index (Phi) is 8.94. The van der Waals surface area contributed by atoms with Crippen LogP contribution in [0, 0.1) is 0 Å². The molecule has 1 heterocycles. The van der Waals surface area contributed by atoms with Gasteiger partial charge in [-0.25, -0.2) is 13.2 Å². The summed E-state index contributed by atoms with van der Waals surface area (Å²) in [6.07, 6.45) is 0.281. The maximum absolute atomic E-state index is 13.3. The van der Waals surface area contributed by atoms with Crippen molar-refractivity contribution in [2.24, 2.45) is 0 Å². The molecule has 3 aromatic carbocycles. The van der Waals surface area contributed by atoms with Crippen LogP contribution in [-0.4, -0.2) is 74.5 Å². The Morgan fingerprint density at radius 3 is 2.08 bits per heavy atom. The number of carboxylic acids is 1. The summed E-state index contributed by atoms with van der Waals surface area (Å²) in [5.41, 5.74) is 2.25. The minimum absolute atomic E-state index is 0.0181. The number of sulfonamides is 1. The molecule has 212 valence electrons. The van der Waals surface area contributed by atoms with Gasteiger partial charge in [0.05, 0.1) is 24.7 Å². The maximum Gasteiger partial charge on any atom is 0.326 e. The van der Waals surface area contributed by atoms with Crippen LogP contribution >= 0.6 is 23.2 Å². The van der Waals surface area contributed by atoms with E-state index in [1.165, 1.54) is 25.2 Å². The van der Waals surface area contributed by atoms with Crippen molar-refractivity contribution in [3.8, 4) is 22.6 Å². The van der Waals surface area contributed by atoms with Crippen molar-refractivity contribution in [1.82, 2.24) is 9.21 Å². The summed E-state index contributed by atoms with van der Waals surface area (Å²) in [5, 5.41) is 10.3. The number of rotatable bonds is 10. The van der Waals surface area contributed by atoms with Crippen LogP contribution in [0.4, 0.5) is 0 Å². The molecule has 1 saturated heterocycles. The van der Waals surface area contributed by atoms with Gasteiger partial charge in [-0.2, -0.15) is 4.31 Å². The molecule has 9 nitrogen and oxygen atoms in total. The second-order valence-electron chi connectivity index (χ2n) is 9.27. The average molecular weight is 608 g/mol. The van der Waals surface area contributed by atoms with Gasteiger partial charge in [-0.3, -0.25) is 4.79 Å². The fraction of sp³-hybridized carbons (Fsp3) is 0.286. The summed E-state index contributed by atoms with van der Waals surface area (Å²) < 4.78 is 38.4. The van der Waals surface area contributed by atoms with Gasteiger partial charge in [-0.1, -0.05) is 53.5 Å². The van der Waals surface area contributed by atoms with E-state index < -0.39 is 34.0 Å². The van der Waals surface area contributed by atoms with E-state index in [4.69, 9.17) is 32.7 Å². The molecule has 1 fully saturated rings. The Balaban J connectivity index is 1.52. The summed E-state index contributed by atoms with van der Waals surface area (Å²) in [6, 6.07) is 14.3. The fourth-order valence-corrected chi connectivity index (χ4v) is 7.01. The normalized spacial score (nSPS) is 16.1. The van der Waals surface area contributed by atoms with Gasteiger partial charge in [0.15, 0.2) is 0 Å². The summed E-state index contributed by atoms with van der Waals surface area (Å²) in [6.45, 7) is 0.113. The highest BCUT2D eigenvalue weighted by atomic mass is 35.5. The van der Waals surface area contributed by atoms with Crippen molar-refractivity contribution in [2.45, 2.75) is 29.8 Å². The smallest absolute Gasteiger partial charge is 0.326 e. The molecule has 0 saturated carbocycles.